The van der Waals surface area contributed by atoms with Crippen LogP contribution in [0.5, 0.6) is 0 Å². The van der Waals surface area contributed by atoms with Gasteiger partial charge in [0.1, 0.15) is 0 Å². The van der Waals surface area contributed by atoms with E-state index >= 15 is 0 Å². The van der Waals surface area contributed by atoms with Crippen molar-refractivity contribution in [3.63, 3.8) is 0 Å². The Hall–Kier alpha value is -0.470. The first kappa shape index (κ1) is 14.6. The lowest BCUT2D eigenvalue weighted by Crippen LogP contribution is -2.33. The summed E-state index contributed by atoms with van der Waals surface area (Å²) in [5.74, 6) is 0. The minimum absolute atomic E-state index is 0.152. The summed E-state index contributed by atoms with van der Waals surface area (Å²) in [6.45, 7) is 2.70. The Kier molecular flexibility index (Phi) is 5.54. The van der Waals surface area contributed by atoms with Crippen molar-refractivity contribution in [2.75, 3.05) is 13.7 Å². The van der Waals surface area contributed by atoms with Crippen LogP contribution in [0.15, 0.2) is 16.3 Å². The Morgan fingerprint density at radius 1 is 1.59 bits per heavy atom. The minimum atomic E-state index is -3.43. The topological polar surface area (TPSA) is 81.4 Å². The summed E-state index contributed by atoms with van der Waals surface area (Å²) in [6, 6.07) is 1.46. The molecule has 1 aromatic rings. The Balaban J connectivity index is 2.68. The molecule has 0 spiro atoms. The third-order valence-electron chi connectivity index (χ3n) is 2.25. The van der Waals surface area contributed by atoms with Crippen LogP contribution in [0, 0.1) is 0 Å². The van der Waals surface area contributed by atoms with E-state index in [0.29, 0.717) is 19.6 Å². The van der Waals surface area contributed by atoms with E-state index in [9.17, 15) is 8.42 Å². The van der Waals surface area contributed by atoms with Crippen molar-refractivity contribution in [3.05, 3.63) is 16.3 Å². The quantitative estimate of drug-likeness (QED) is 0.777. The van der Waals surface area contributed by atoms with Crippen LogP contribution in [0.1, 0.15) is 18.2 Å². The summed E-state index contributed by atoms with van der Waals surface area (Å²) in [7, 11) is -1.84. The van der Waals surface area contributed by atoms with Gasteiger partial charge in [-0.2, -0.15) is 0 Å². The van der Waals surface area contributed by atoms with E-state index in [4.69, 9.17) is 10.5 Å². The lowest BCUT2D eigenvalue weighted by Gasteiger charge is -2.12. The fourth-order valence-corrected chi connectivity index (χ4v) is 3.73. The van der Waals surface area contributed by atoms with Crippen LogP contribution in [0.3, 0.4) is 0 Å². The number of thiophene rings is 1. The molecule has 0 amide bonds. The first-order valence-corrected chi connectivity index (χ1v) is 7.64. The van der Waals surface area contributed by atoms with Crippen LogP contribution in [0.2, 0.25) is 0 Å². The van der Waals surface area contributed by atoms with Gasteiger partial charge in [0.2, 0.25) is 10.0 Å². The number of nitrogens with one attached hydrogen (secondary N) is 1. The molecule has 0 aliphatic carbocycles. The number of sulfonamides is 1. The molecule has 1 rings (SSSR count). The van der Waals surface area contributed by atoms with E-state index < -0.39 is 10.0 Å². The van der Waals surface area contributed by atoms with E-state index in [1.807, 2.05) is 6.92 Å². The second kappa shape index (κ2) is 6.46. The van der Waals surface area contributed by atoms with Crippen molar-refractivity contribution in [1.29, 1.82) is 0 Å². The van der Waals surface area contributed by atoms with E-state index in [1.165, 1.54) is 11.3 Å². The molecule has 1 aromatic heterocycles. The van der Waals surface area contributed by atoms with Gasteiger partial charge in [-0.15, -0.1) is 11.3 Å². The van der Waals surface area contributed by atoms with Gasteiger partial charge in [0.25, 0.3) is 0 Å². The van der Waals surface area contributed by atoms with Gasteiger partial charge >= 0.3 is 0 Å². The highest BCUT2D eigenvalue weighted by atomic mass is 32.2. The largest absolute Gasteiger partial charge is 0.385 e. The molecule has 0 saturated heterocycles. The fraction of sp³-hybridized carbons (Fsp3) is 0.600. The molecule has 0 aromatic carbocycles. The second-order valence-corrected chi connectivity index (χ2v) is 6.47. The van der Waals surface area contributed by atoms with Crippen LogP contribution in [0.4, 0.5) is 0 Å². The van der Waals surface area contributed by atoms with Crippen molar-refractivity contribution in [2.45, 2.75) is 30.8 Å². The number of hydrogen-bond donors (Lipinski definition) is 2. The number of nitrogens with two attached hydrogens (primary N) is 1. The Morgan fingerprint density at radius 2 is 2.29 bits per heavy atom. The zero-order valence-electron chi connectivity index (χ0n) is 9.97. The van der Waals surface area contributed by atoms with E-state index in [-0.39, 0.29) is 10.9 Å². The van der Waals surface area contributed by atoms with Crippen molar-refractivity contribution in [2.24, 2.45) is 5.73 Å². The first-order chi connectivity index (χ1) is 7.99. The molecule has 0 aliphatic heterocycles. The molecule has 1 atom stereocenters. The molecule has 1 heterocycles. The zero-order valence-corrected chi connectivity index (χ0v) is 11.6. The maximum atomic E-state index is 11.9. The molecule has 7 heteroatoms. The maximum Gasteiger partial charge on any atom is 0.241 e. The van der Waals surface area contributed by atoms with Gasteiger partial charge in [-0.05, 0) is 19.4 Å². The van der Waals surface area contributed by atoms with Gasteiger partial charge < -0.3 is 10.5 Å². The highest BCUT2D eigenvalue weighted by Crippen LogP contribution is 2.19. The number of methoxy groups -OCH3 is 1. The standard InChI is InChI=1S/C10H18N2O3S2/c1-8(3-4-15-2)12-17(13,14)10-5-9(6-11)16-7-10/h5,7-8,12H,3-4,6,11H2,1-2H3. The minimum Gasteiger partial charge on any atom is -0.385 e. The average Bonchev–Trinajstić information content (AvgIpc) is 2.75. The first-order valence-electron chi connectivity index (χ1n) is 5.28. The van der Waals surface area contributed by atoms with Crippen molar-refractivity contribution < 1.29 is 13.2 Å². The number of hydrogen-bond acceptors (Lipinski definition) is 5. The molecule has 3 N–H and O–H groups in total. The average molecular weight is 278 g/mol. The molecular weight excluding hydrogens is 260 g/mol. The summed E-state index contributed by atoms with van der Waals surface area (Å²) in [4.78, 5) is 1.14. The lowest BCUT2D eigenvalue weighted by molar-refractivity contribution is 0.188. The van der Waals surface area contributed by atoms with Crippen molar-refractivity contribution >= 4 is 21.4 Å². The van der Waals surface area contributed by atoms with Crippen LogP contribution < -0.4 is 10.5 Å². The number of rotatable bonds is 7. The molecule has 0 aliphatic rings. The molecule has 5 nitrogen and oxygen atoms in total. The van der Waals surface area contributed by atoms with Crippen LogP contribution >= 0.6 is 11.3 Å². The smallest absolute Gasteiger partial charge is 0.241 e. The monoisotopic (exact) mass is 278 g/mol. The molecule has 0 radical (unpaired) electrons. The number of ether oxygens (including phenoxy) is 1. The van der Waals surface area contributed by atoms with Gasteiger partial charge in [-0.1, -0.05) is 0 Å². The van der Waals surface area contributed by atoms with Crippen LogP contribution in [0.25, 0.3) is 0 Å². The SMILES string of the molecule is COCCC(C)NS(=O)(=O)c1csc(CN)c1. The third-order valence-corrected chi connectivity index (χ3v) is 4.93. The van der Waals surface area contributed by atoms with Gasteiger partial charge in [-0.25, -0.2) is 13.1 Å². The molecular formula is C10H18N2O3S2. The molecule has 17 heavy (non-hydrogen) atoms. The van der Waals surface area contributed by atoms with Gasteiger partial charge in [-0.3, -0.25) is 0 Å². The molecule has 1 unspecified atom stereocenters. The molecule has 0 fully saturated rings. The van der Waals surface area contributed by atoms with E-state index in [2.05, 4.69) is 4.72 Å². The molecule has 98 valence electrons. The van der Waals surface area contributed by atoms with Crippen LogP contribution in [-0.2, 0) is 21.3 Å². The highest BCUT2D eigenvalue weighted by molar-refractivity contribution is 7.89. The predicted octanol–water partition coefficient (Wildman–Crippen LogP) is 0.910. The summed E-state index contributed by atoms with van der Waals surface area (Å²) < 4.78 is 31.4. The van der Waals surface area contributed by atoms with E-state index in [0.717, 1.165) is 4.88 Å². The maximum absolute atomic E-state index is 11.9. The fourth-order valence-electron chi connectivity index (χ4n) is 1.29. The Labute approximate surface area is 106 Å². The highest BCUT2D eigenvalue weighted by Gasteiger charge is 2.18. The summed E-state index contributed by atoms with van der Waals surface area (Å²) in [6.07, 6.45) is 0.642. The molecule has 0 bridgehead atoms. The van der Waals surface area contributed by atoms with Crippen molar-refractivity contribution in [3.8, 4) is 0 Å². The van der Waals surface area contributed by atoms with Gasteiger partial charge in [0.15, 0.2) is 0 Å². The molecule has 0 saturated carbocycles. The van der Waals surface area contributed by atoms with Crippen molar-refractivity contribution in [1.82, 2.24) is 4.72 Å². The van der Waals surface area contributed by atoms with Crippen LogP contribution in [-0.4, -0.2) is 28.2 Å². The Morgan fingerprint density at radius 3 is 2.82 bits per heavy atom. The summed E-state index contributed by atoms with van der Waals surface area (Å²) in [5.41, 5.74) is 5.45. The van der Waals surface area contributed by atoms with Gasteiger partial charge in [0, 0.05) is 36.6 Å². The van der Waals surface area contributed by atoms with Gasteiger partial charge in [0.05, 0.1) is 4.90 Å². The normalized spacial score (nSPS) is 13.8. The lowest BCUT2D eigenvalue weighted by atomic mass is 10.3. The zero-order chi connectivity index (χ0) is 12.9. The summed E-state index contributed by atoms with van der Waals surface area (Å²) in [5, 5.41) is 1.60. The summed E-state index contributed by atoms with van der Waals surface area (Å²) >= 11 is 1.35. The Bertz CT molecular complexity index is 442. The third kappa shape index (κ3) is 4.36. The van der Waals surface area contributed by atoms with E-state index in [1.54, 1.807) is 18.6 Å². The predicted molar refractivity (Wildman–Crippen MR) is 68.5 cm³/mol. The second-order valence-electron chi connectivity index (χ2n) is 3.76.